The summed E-state index contributed by atoms with van der Waals surface area (Å²) in [6.07, 6.45) is 5.04. The monoisotopic (exact) mass is 281 g/mol. The Morgan fingerprint density at radius 1 is 1.30 bits per heavy atom. The van der Waals surface area contributed by atoms with E-state index in [4.69, 9.17) is 0 Å². The Hall–Kier alpha value is -1.10. The van der Waals surface area contributed by atoms with Gasteiger partial charge < -0.3 is 15.5 Å². The zero-order valence-corrected chi connectivity index (χ0v) is 12.7. The zero-order chi connectivity index (χ0) is 14.6. The summed E-state index contributed by atoms with van der Waals surface area (Å²) < 4.78 is 0. The molecule has 0 saturated carbocycles. The topological polar surface area (TPSA) is 61.4 Å². The molecular formula is C15H27N3O2. The number of piperidine rings is 1. The van der Waals surface area contributed by atoms with Crippen LogP contribution in [0.3, 0.4) is 0 Å². The molecule has 5 heteroatoms. The van der Waals surface area contributed by atoms with Crippen molar-refractivity contribution in [1.82, 2.24) is 15.5 Å². The molecule has 2 N–H and O–H groups in total. The SMILES string of the molecule is CCC1(C(=O)NC(C)C(=O)N2CCCCC2)CCNC1. The van der Waals surface area contributed by atoms with Crippen molar-refractivity contribution >= 4 is 11.8 Å². The number of hydrogen-bond donors (Lipinski definition) is 2. The van der Waals surface area contributed by atoms with Crippen LogP contribution in [0.25, 0.3) is 0 Å². The highest BCUT2D eigenvalue weighted by Gasteiger charge is 2.40. The van der Waals surface area contributed by atoms with Gasteiger partial charge in [-0.05, 0) is 45.6 Å². The van der Waals surface area contributed by atoms with Crippen molar-refractivity contribution in [3.05, 3.63) is 0 Å². The molecule has 2 unspecified atom stereocenters. The third-order valence-electron chi connectivity index (χ3n) is 4.79. The minimum Gasteiger partial charge on any atom is -0.344 e. The average Bonchev–Trinajstić information content (AvgIpc) is 2.97. The van der Waals surface area contributed by atoms with E-state index in [2.05, 4.69) is 10.6 Å². The Morgan fingerprint density at radius 3 is 2.55 bits per heavy atom. The third-order valence-corrected chi connectivity index (χ3v) is 4.79. The molecule has 2 rings (SSSR count). The van der Waals surface area contributed by atoms with E-state index < -0.39 is 6.04 Å². The molecule has 0 aliphatic carbocycles. The molecule has 20 heavy (non-hydrogen) atoms. The summed E-state index contributed by atoms with van der Waals surface area (Å²) in [6, 6.07) is -0.412. The van der Waals surface area contributed by atoms with Crippen molar-refractivity contribution in [3.8, 4) is 0 Å². The number of rotatable bonds is 4. The van der Waals surface area contributed by atoms with E-state index in [0.717, 1.165) is 51.9 Å². The Morgan fingerprint density at radius 2 is 2.00 bits per heavy atom. The number of carbonyl (C=O) groups is 2. The van der Waals surface area contributed by atoms with Crippen molar-refractivity contribution in [2.24, 2.45) is 5.41 Å². The summed E-state index contributed by atoms with van der Waals surface area (Å²) in [5, 5.41) is 6.20. The fourth-order valence-electron chi connectivity index (χ4n) is 3.20. The lowest BCUT2D eigenvalue weighted by Crippen LogP contribution is -2.52. The Kier molecular flexibility index (Phi) is 5.02. The summed E-state index contributed by atoms with van der Waals surface area (Å²) >= 11 is 0. The Bertz CT molecular complexity index is 358. The second-order valence-electron chi connectivity index (χ2n) is 6.14. The standard InChI is InChI=1S/C15H27N3O2/c1-3-15(7-8-16-11-15)14(20)17-12(2)13(19)18-9-5-4-6-10-18/h12,16H,3-11H2,1-2H3,(H,17,20). The van der Waals surface area contributed by atoms with Gasteiger partial charge in [0.15, 0.2) is 0 Å². The number of amides is 2. The van der Waals surface area contributed by atoms with Crippen molar-refractivity contribution in [2.75, 3.05) is 26.2 Å². The molecule has 0 aromatic rings. The molecule has 2 saturated heterocycles. The van der Waals surface area contributed by atoms with E-state index in [-0.39, 0.29) is 17.2 Å². The Balaban J connectivity index is 1.91. The number of nitrogens with one attached hydrogen (secondary N) is 2. The number of likely N-dealkylation sites (tertiary alicyclic amines) is 1. The van der Waals surface area contributed by atoms with E-state index in [1.54, 1.807) is 6.92 Å². The highest BCUT2D eigenvalue weighted by atomic mass is 16.2. The molecule has 2 atom stereocenters. The minimum absolute atomic E-state index is 0.0304. The van der Waals surface area contributed by atoms with E-state index in [9.17, 15) is 9.59 Å². The molecule has 0 spiro atoms. The number of hydrogen-bond acceptors (Lipinski definition) is 3. The first-order valence-corrected chi connectivity index (χ1v) is 7.89. The molecule has 0 aromatic carbocycles. The zero-order valence-electron chi connectivity index (χ0n) is 12.7. The summed E-state index contributed by atoms with van der Waals surface area (Å²) in [5.41, 5.74) is -0.323. The maximum Gasteiger partial charge on any atom is 0.244 e. The largest absolute Gasteiger partial charge is 0.344 e. The lowest BCUT2D eigenvalue weighted by Gasteiger charge is -2.31. The molecule has 5 nitrogen and oxygen atoms in total. The molecule has 2 fully saturated rings. The maximum absolute atomic E-state index is 12.5. The molecule has 2 heterocycles. The summed E-state index contributed by atoms with van der Waals surface area (Å²) in [7, 11) is 0. The predicted octanol–water partition coefficient (Wildman–Crippen LogP) is 0.893. The van der Waals surface area contributed by atoms with Crippen LogP contribution in [-0.4, -0.2) is 48.9 Å². The third kappa shape index (κ3) is 3.14. The number of carbonyl (C=O) groups excluding carboxylic acids is 2. The molecule has 0 bridgehead atoms. The second-order valence-corrected chi connectivity index (χ2v) is 6.14. The van der Waals surface area contributed by atoms with Gasteiger partial charge >= 0.3 is 0 Å². The van der Waals surface area contributed by atoms with Gasteiger partial charge in [-0.15, -0.1) is 0 Å². The van der Waals surface area contributed by atoms with Crippen LogP contribution < -0.4 is 10.6 Å². The molecular weight excluding hydrogens is 254 g/mol. The smallest absolute Gasteiger partial charge is 0.244 e. The lowest BCUT2D eigenvalue weighted by molar-refractivity contribution is -0.139. The minimum atomic E-state index is -0.412. The van der Waals surface area contributed by atoms with E-state index in [0.29, 0.717) is 0 Å². The summed E-state index contributed by atoms with van der Waals surface area (Å²) in [5.74, 6) is 0.0955. The van der Waals surface area contributed by atoms with Gasteiger partial charge in [-0.3, -0.25) is 9.59 Å². The second kappa shape index (κ2) is 6.57. The van der Waals surface area contributed by atoms with Gasteiger partial charge in [0.1, 0.15) is 6.04 Å². The average molecular weight is 281 g/mol. The van der Waals surface area contributed by atoms with E-state index in [1.165, 1.54) is 6.42 Å². The van der Waals surface area contributed by atoms with Gasteiger partial charge in [-0.25, -0.2) is 0 Å². The van der Waals surface area contributed by atoms with Crippen molar-refractivity contribution < 1.29 is 9.59 Å². The van der Waals surface area contributed by atoms with Gasteiger partial charge in [-0.1, -0.05) is 6.92 Å². The lowest BCUT2D eigenvalue weighted by atomic mass is 9.83. The van der Waals surface area contributed by atoms with Crippen molar-refractivity contribution in [3.63, 3.8) is 0 Å². The molecule has 2 amide bonds. The first-order valence-electron chi connectivity index (χ1n) is 7.89. The van der Waals surface area contributed by atoms with Crippen LogP contribution in [0, 0.1) is 5.41 Å². The van der Waals surface area contributed by atoms with Crippen LogP contribution in [-0.2, 0) is 9.59 Å². The van der Waals surface area contributed by atoms with Gasteiger partial charge in [0.05, 0.1) is 5.41 Å². The highest BCUT2D eigenvalue weighted by Crippen LogP contribution is 2.29. The number of nitrogens with zero attached hydrogens (tertiary/aromatic N) is 1. The normalized spacial score (nSPS) is 28.2. The summed E-state index contributed by atoms with van der Waals surface area (Å²) in [4.78, 5) is 26.7. The van der Waals surface area contributed by atoms with Gasteiger partial charge in [0, 0.05) is 19.6 Å². The van der Waals surface area contributed by atoms with Gasteiger partial charge in [0.2, 0.25) is 11.8 Å². The van der Waals surface area contributed by atoms with Gasteiger partial charge in [-0.2, -0.15) is 0 Å². The van der Waals surface area contributed by atoms with Crippen LogP contribution in [0.15, 0.2) is 0 Å². The van der Waals surface area contributed by atoms with E-state index >= 15 is 0 Å². The fourth-order valence-corrected chi connectivity index (χ4v) is 3.20. The van der Waals surface area contributed by atoms with Crippen molar-refractivity contribution in [2.45, 2.75) is 52.0 Å². The quantitative estimate of drug-likeness (QED) is 0.804. The van der Waals surface area contributed by atoms with Crippen LogP contribution in [0.1, 0.15) is 46.0 Å². The predicted molar refractivity (Wildman–Crippen MR) is 78.2 cm³/mol. The molecule has 0 radical (unpaired) electrons. The van der Waals surface area contributed by atoms with Crippen LogP contribution in [0.5, 0.6) is 0 Å². The first kappa shape index (κ1) is 15.3. The maximum atomic E-state index is 12.5. The molecule has 2 aliphatic heterocycles. The van der Waals surface area contributed by atoms with E-state index in [1.807, 2.05) is 11.8 Å². The summed E-state index contributed by atoms with van der Waals surface area (Å²) in [6.45, 7) is 7.12. The van der Waals surface area contributed by atoms with Crippen LogP contribution in [0.4, 0.5) is 0 Å². The molecule has 2 aliphatic rings. The highest BCUT2D eigenvalue weighted by molar-refractivity contribution is 5.90. The molecule has 114 valence electrons. The first-order chi connectivity index (χ1) is 9.59. The van der Waals surface area contributed by atoms with Crippen LogP contribution in [0.2, 0.25) is 0 Å². The fraction of sp³-hybridized carbons (Fsp3) is 0.867. The Labute approximate surface area is 121 Å². The van der Waals surface area contributed by atoms with Crippen molar-refractivity contribution in [1.29, 1.82) is 0 Å². The molecule has 0 aromatic heterocycles. The van der Waals surface area contributed by atoms with Gasteiger partial charge in [0.25, 0.3) is 0 Å². The van der Waals surface area contributed by atoms with Crippen LogP contribution >= 0.6 is 0 Å².